The van der Waals surface area contributed by atoms with E-state index in [1.807, 2.05) is 6.20 Å². The van der Waals surface area contributed by atoms with E-state index in [0.717, 1.165) is 25.3 Å². The van der Waals surface area contributed by atoms with E-state index >= 15 is 0 Å². The minimum atomic E-state index is 0.187. The van der Waals surface area contributed by atoms with Gasteiger partial charge in [-0.15, -0.1) is 0 Å². The number of aromatic nitrogens is 1. The largest absolute Gasteiger partial charge is 0.375 e. The predicted molar refractivity (Wildman–Crippen MR) is 85.3 cm³/mol. The fraction of sp³-hybridized carbons (Fsp3) is 0.722. The number of nitrogens with one attached hydrogen (secondary N) is 1. The van der Waals surface area contributed by atoms with E-state index in [9.17, 15) is 0 Å². The lowest BCUT2D eigenvalue weighted by Gasteiger charge is -2.42. The van der Waals surface area contributed by atoms with Crippen LogP contribution in [-0.2, 0) is 4.74 Å². The van der Waals surface area contributed by atoms with E-state index in [2.05, 4.69) is 36.3 Å². The fourth-order valence-electron chi connectivity index (χ4n) is 4.29. The van der Waals surface area contributed by atoms with Crippen molar-refractivity contribution < 1.29 is 4.74 Å². The zero-order chi connectivity index (χ0) is 14.7. The SMILES string of the molecule is CCNC(c1cccnc1C)C1CCOC2(CCCC2)C1. The second-order valence-corrected chi connectivity index (χ2v) is 6.70. The summed E-state index contributed by atoms with van der Waals surface area (Å²) in [7, 11) is 0. The number of hydrogen-bond acceptors (Lipinski definition) is 3. The number of rotatable bonds is 4. The van der Waals surface area contributed by atoms with Crippen molar-refractivity contribution in [1.82, 2.24) is 10.3 Å². The molecule has 0 aromatic carbocycles. The molecule has 2 heterocycles. The Labute approximate surface area is 128 Å². The van der Waals surface area contributed by atoms with Gasteiger partial charge in [0.15, 0.2) is 0 Å². The highest BCUT2D eigenvalue weighted by Crippen LogP contribution is 2.45. The summed E-state index contributed by atoms with van der Waals surface area (Å²) in [6.07, 6.45) is 9.45. The molecule has 3 rings (SSSR count). The lowest BCUT2D eigenvalue weighted by atomic mass is 9.78. The average Bonchev–Trinajstić information content (AvgIpc) is 2.93. The molecule has 1 aromatic heterocycles. The van der Waals surface area contributed by atoms with Crippen molar-refractivity contribution in [3.63, 3.8) is 0 Å². The highest BCUT2D eigenvalue weighted by Gasteiger charge is 2.42. The summed E-state index contributed by atoms with van der Waals surface area (Å²) in [6, 6.07) is 4.73. The van der Waals surface area contributed by atoms with Crippen LogP contribution in [-0.4, -0.2) is 23.7 Å². The molecular weight excluding hydrogens is 260 g/mol. The first-order valence-corrected chi connectivity index (χ1v) is 8.53. The van der Waals surface area contributed by atoms with Crippen molar-refractivity contribution >= 4 is 0 Å². The van der Waals surface area contributed by atoms with Crippen molar-refractivity contribution in [3.05, 3.63) is 29.6 Å². The lowest BCUT2D eigenvalue weighted by Crippen LogP contribution is -2.42. The van der Waals surface area contributed by atoms with Gasteiger partial charge in [0.05, 0.1) is 5.60 Å². The third-order valence-corrected chi connectivity index (χ3v) is 5.32. The van der Waals surface area contributed by atoms with Gasteiger partial charge in [0, 0.05) is 24.5 Å². The Balaban J connectivity index is 1.82. The third-order valence-electron chi connectivity index (χ3n) is 5.32. The van der Waals surface area contributed by atoms with Crippen LogP contribution < -0.4 is 5.32 Å². The zero-order valence-electron chi connectivity index (χ0n) is 13.4. The van der Waals surface area contributed by atoms with Crippen molar-refractivity contribution in [2.24, 2.45) is 5.92 Å². The van der Waals surface area contributed by atoms with Crippen molar-refractivity contribution in [3.8, 4) is 0 Å². The number of aryl methyl sites for hydroxylation is 1. The third kappa shape index (κ3) is 3.14. The zero-order valence-corrected chi connectivity index (χ0v) is 13.4. The van der Waals surface area contributed by atoms with Gasteiger partial charge in [-0.3, -0.25) is 4.98 Å². The summed E-state index contributed by atoms with van der Waals surface area (Å²) in [4.78, 5) is 4.49. The van der Waals surface area contributed by atoms with E-state index in [1.54, 1.807) is 0 Å². The first-order valence-electron chi connectivity index (χ1n) is 8.53. The van der Waals surface area contributed by atoms with E-state index < -0.39 is 0 Å². The molecule has 2 atom stereocenters. The first kappa shape index (κ1) is 15.0. The number of hydrogen-bond donors (Lipinski definition) is 1. The summed E-state index contributed by atoms with van der Waals surface area (Å²) in [5, 5.41) is 3.72. The Morgan fingerprint density at radius 3 is 2.95 bits per heavy atom. The Kier molecular flexibility index (Phi) is 4.60. The molecule has 1 spiro atoms. The molecule has 0 amide bonds. The van der Waals surface area contributed by atoms with Crippen LogP contribution in [0.1, 0.15) is 62.7 Å². The van der Waals surface area contributed by atoms with E-state index in [1.165, 1.54) is 37.7 Å². The van der Waals surface area contributed by atoms with Crippen molar-refractivity contribution in [1.29, 1.82) is 0 Å². The number of nitrogens with zero attached hydrogens (tertiary/aromatic N) is 1. The summed E-state index contributed by atoms with van der Waals surface area (Å²) >= 11 is 0. The van der Waals surface area contributed by atoms with Crippen LogP contribution in [0.15, 0.2) is 18.3 Å². The van der Waals surface area contributed by atoms with E-state index in [-0.39, 0.29) is 5.60 Å². The predicted octanol–water partition coefficient (Wildman–Crippen LogP) is 3.78. The maximum atomic E-state index is 6.21. The lowest BCUT2D eigenvalue weighted by molar-refractivity contribution is -0.0982. The molecule has 3 nitrogen and oxygen atoms in total. The van der Waals surface area contributed by atoms with E-state index in [4.69, 9.17) is 4.74 Å². The summed E-state index contributed by atoms with van der Waals surface area (Å²) < 4.78 is 6.21. The number of pyridine rings is 1. The maximum absolute atomic E-state index is 6.21. The smallest absolute Gasteiger partial charge is 0.0686 e. The molecule has 0 radical (unpaired) electrons. The molecule has 116 valence electrons. The van der Waals surface area contributed by atoms with Crippen LogP contribution in [0, 0.1) is 12.8 Å². The molecule has 1 N–H and O–H groups in total. The molecule has 2 unspecified atom stereocenters. The molecule has 1 aliphatic heterocycles. The average molecular weight is 288 g/mol. The van der Waals surface area contributed by atoms with E-state index in [0.29, 0.717) is 12.0 Å². The highest BCUT2D eigenvalue weighted by molar-refractivity contribution is 5.23. The minimum Gasteiger partial charge on any atom is -0.375 e. The Morgan fingerprint density at radius 1 is 1.43 bits per heavy atom. The molecule has 1 saturated carbocycles. The molecule has 1 saturated heterocycles. The van der Waals surface area contributed by atoms with Gasteiger partial charge in [0.25, 0.3) is 0 Å². The van der Waals surface area contributed by atoms with Gasteiger partial charge in [0.2, 0.25) is 0 Å². The summed E-state index contributed by atoms with van der Waals surface area (Å²) in [5.74, 6) is 0.666. The second-order valence-electron chi connectivity index (χ2n) is 6.70. The van der Waals surface area contributed by atoms with Gasteiger partial charge in [-0.1, -0.05) is 25.8 Å². The van der Waals surface area contributed by atoms with Crippen LogP contribution in [0.25, 0.3) is 0 Å². The molecule has 2 fully saturated rings. The molecule has 1 aromatic rings. The molecule has 0 bridgehead atoms. The molecular formula is C18H28N2O. The Morgan fingerprint density at radius 2 is 2.24 bits per heavy atom. The van der Waals surface area contributed by atoms with Crippen LogP contribution in [0.4, 0.5) is 0 Å². The van der Waals surface area contributed by atoms with Crippen LogP contribution >= 0.6 is 0 Å². The second kappa shape index (κ2) is 6.45. The van der Waals surface area contributed by atoms with Gasteiger partial charge in [-0.25, -0.2) is 0 Å². The normalized spacial score (nSPS) is 26.1. The summed E-state index contributed by atoms with van der Waals surface area (Å²) in [5.41, 5.74) is 2.72. The first-order chi connectivity index (χ1) is 10.2. The maximum Gasteiger partial charge on any atom is 0.0686 e. The summed E-state index contributed by atoms with van der Waals surface area (Å²) in [6.45, 7) is 6.25. The van der Waals surface area contributed by atoms with Gasteiger partial charge in [0.1, 0.15) is 0 Å². The molecule has 3 heteroatoms. The van der Waals surface area contributed by atoms with Crippen LogP contribution in [0.2, 0.25) is 0 Å². The van der Waals surface area contributed by atoms with Gasteiger partial charge in [-0.2, -0.15) is 0 Å². The molecule has 21 heavy (non-hydrogen) atoms. The van der Waals surface area contributed by atoms with Crippen molar-refractivity contribution in [2.75, 3.05) is 13.2 Å². The van der Waals surface area contributed by atoms with Crippen molar-refractivity contribution in [2.45, 2.75) is 64.0 Å². The van der Waals surface area contributed by atoms with Crippen LogP contribution in [0.3, 0.4) is 0 Å². The molecule has 2 aliphatic rings. The molecule has 1 aliphatic carbocycles. The number of ether oxygens (including phenoxy) is 1. The fourth-order valence-corrected chi connectivity index (χ4v) is 4.29. The Bertz CT molecular complexity index is 468. The Hall–Kier alpha value is -0.930. The minimum absolute atomic E-state index is 0.187. The monoisotopic (exact) mass is 288 g/mol. The quantitative estimate of drug-likeness (QED) is 0.915. The van der Waals surface area contributed by atoms with Gasteiger partial charge >= 0.3 is 0 Å². The van der Waals surface area contributed by atoms with Gasteiger partial charge in [-0.05, 0) is 56.7 Å². The van der Waals surface area contributed by atoms with Crippen LogP contribution in [0.5, 0.6) is 0 Å². The highest BCUT2D eigenvalue weighted by atomic mass is 16.5. The van der Waals surface area contributed by atoms with Gasteiger partial charge < -0.3 is 10.1 Å². The standard InChI is InChI=1S/C18H28N2O/c1-3-19-17(16-7-6-11-20-14(16)2)15-8-12-21-18(13-15)9-4-5-10-18/h6-7,11,15,17,19H,3-5,8-10,12-13H2,1-2H3. The topological polar surface area (TPSA) is 34.2 Å².